The third kappa shape index (κ3) is 6.53. The van der Waals surface area contributed by atoms with Crippen molar-refractivity contribution in [2.75, 3.05) is 4.90 Å². The van der Waals surface area contributed by atoms with Crippen LogP contribution in [0, 0.1) is 5.82 Å². The highest BCUT2D eigenvalue weighted by Gasteiger charge is 2.34. The summed E-state index contributed by atoms with van der Waals surface area (Å²) < 4.78 is 13.3. The van der Waals surface area contributed by atoms with Crippen LogP contribution in [0.15, 0.2) is 73.1 Å². The molecule has 1 atom stereocenters. The first-order valence-corrected chi connectivity index (χ1v) is 11.8. The average molecular weight is 522 g/mol. The molecule has 0 radical (unpaired) electrons. The number of hydrogen-bond donors (Lipinski definition) is 1. The van der Waals surface area contributed by atoms with E-state index < -0.39 is 17.5 Å². The lowest BCUT2D eigenvalue weighted by molar-refractivity contribution is -0.128. The molecule has 11 heteroatoms. The van der Waals surface area contributed by atoms with Gasteiger partial charge in [0.15, 0.2) is 0 Å². The van der Waals surface area contributed by atoms with E-state index in [1.165, 1.54) is 29.2 Å². The van der Waals surface area contributed by atoms with Crippen molar-refractivity contribution in [3.63, 3.8) is 0 Å². The normalized spacial score (nSPS) is 12.1. The van der Waals surface area contributed by atoms with Gasteiger partial charge in [0.2, 0.25) is 11.7 Å². The van der Waals surface area contributed by atoms with Crippen LogP contribution in [-0.4, -0.2) is 42.5 Å². The van der Waals surface area contributed by atoms with Crippen molar-refractivity contribution in [3.8, 4) is 11.4 Å². The Labute approximate surface area is 218 Å². The summed E-state index contributed by atoms with van der Waals surface area (Å²) in [6.07, 6.45) is 3.12. The molecule has 0 bridgehead atoms. The van der Waals surface area contributed by atoms with Crippen LogP contribution in [0.2, 0.25) is 5.02 Å². The minimum atomic E-state index is -1.02. The SMILES string of the molecule is CC(C)(C)NC(=O)[C@H](c1ccncc1)N(C(=O)Cn1nnc(-c2ccc(F)cc2)n1)c1ccc(Cl)cc1. The van der Waals surface area contributed by atoms with Gasteiger partial charge in [-0.1, -0.05) is 11.6 Å². The van der Waals surface area contributed by atoms with Crippen LogP contribution in [0.5, 0.6) is 0 Å². The maximum atomic E-state index is 13.8. The average Bonchev–Trinajstić information content (AvgIpc) is 3.31. The fourth-order valence-electron chi connectivity index (χ4n) is 3.66. The Bertz CT molecular complexity index is 1370. The van der Waals surface area contributed by atoms with E-state index in [0.29, 0.717) is 21.8 Å². The Kier molecular flexibility index (Phi) is 7.58. The van der Waals surface area contributed by atoms with Crippen molar-refractivity contribution in [2.24, 2.45) is 0 Å². The quantitative estimate of drug-likeness (QED) is 0.390. The van der Waals surface area contributed by atoms with Crippen molar-refractivity contribution in [3.05, 3.63) is 89.5 Å². The highest BCUT2D eigenvalue weighted by atomic mass is 35.5. The third-order valence-corrected chi connectivity index (χ3v) is 5.48. The molecule has 4 aromatic rings. The summed E-state index contributed by atoms with van der Waals surface area (Å²) in [5.74, 6) is -0.987. The van der Waals surface area contributed by atoms with Crippen molar-refractivity contribution in [1.82, 2.24) is 30.5 Å². The van der Waals surface area contributed by atoms with Gasteiger partial charge in [-0.05, 0) is 92.2 Å². The second kappa shape index (κ2) is 10.8. The zero-order valence-corrected chi connectivity index (χ0v) is 21.2. The van der Waals surface area contributed by atoms with Crippen molar-refractivity contribution >= 4 is 29.1 Å². The molecule has 2 amide bonds. The van der Waals surface area contributed by atoms with E-state index in [1.807, 2.05) is 20.8 Å². The molecule has 2 aromatic heterocycles. The van der Waals surface area contributed by atoms with Gasteiger partial charge in [0, 0.05) is 34.2 Å². The molecular formula is C26H25ClFN7O2. The highest BCUT2D eigenvalue weighted by Crippen LogP contribution is 2.30. The molecule has 0 aliphatic carbocycles. The van der Waals surface area contributed by atoms with E-state index in [9.17, 15) is 14.0 Å². The fourth-order valence-corrected chi connectivity index (χ4v) is 3.79. The molecule has 190 valence electrons. The lowest BCUT2D eigenvalue weighted by atomic mass is 10.0. The topological polar surface area (TPSA) is 106 Å². The molecule has 2 aromatic carbocycles. The summed E-state index contributed by atoms with van der Waals surface area (Å²) in [5, 5.41) is 15.7. The van der Waals surface area contributed by atoms with Crippen LogP contribution in [-0.2, 0) is 16.1 Å². The van der Waals surface area contributed by atoms with E-state index in [1.54, 1.807) is 48.8 Å². The number of aromatic nitrogens is 5. The van der Waals surface area contributed by atoms with Gasteiger partial charge in [-0.3, -0.25) is 19.5 Å². The second-order valence-corrected chi connectivity index (χ2v) is 9.75. The van der Waals surface area contributed by atoms with Gasteiger partial charge < -0.3 is 5.32 Å². The monoisotopic (exact) mass is 521 g/mol. The first kappa shape index (κ1) is 25.9. The van der Waals surface area contributed by atoms with Gasteiger partial charge in [0.1, 0.15) is 18.4 Å². The van der Waals surface area contributed by atoms with Crippen LogP contribution < -0.4 is 10.2 Å². The Hall–Kier alpha value is -4.18. The van der Waals surface area contributed by atoms with E-state index in [-0.39, 0.29) is 24.1 Å². The Morgan fingerprint density at radius 2 is 1.68 bits per heavy atom. The van der Waals surface area contributed by atoms with E-state index >= 15 is 0 Å². The molecule has 0 aliphatic heterocycles. The molecule has 0 unspecified atom stereocenters. The van der Waals surface area contributed by atoms with Crippen LogP contribution >= 0.6 is 11.6 Å². The lowest BCUT2D eigenvalue weighted by Crippen LogP contribution is -2.50. The number of carbonyl (C=O) groups is 2. The molecule has 0 saturated carbocycles. The largest absolute Gasteiger partial charge is 0.349 e. The molecule has 0 saturated heterocycles. The van der Waals surface area contributed by atoms with Gasteiger partial charge in [0.05, 0.1) is 0 Å². The third-order valence-electron chi connectivity index (χ3n) is 5.23. The number of carbonyl (C=O) groups excluding carboxylic acids is 2. The Morgan fingerprint density at radius 3 is 2.30 bits per heavy atom. The molecule has 0 spiro atoms. The number of nitrogens with one attached hydrogen (secondary N) is 1. The first-order valence-electron chi connectivity index (χ1n) is 11.4. The van der Waals surface area contributed by atoms with Crippen LogP contribution in [0.1, 0.15) is 32.4 Å². The zero-order valence-electron chi connectivity index (χ0n) is 20.5. The van der Waals surface area contributed by atoms with Crippen LogP contribution in [0.3, 0.4) is 0 Å². The molecule has 2 heterocycles. The Morgan fingerprint density at radius 1 is 1.03 bits per heavy atom. The first-order chi connectivity index (χ1) is 17.6. The molecule has 1 N–H and O–H groups in total. The van der Waals surface area contributed by atoms with Gasteiger partial charge in [-0.2, -0.15) is 4.80 Å². The molecule has 0 fully saturated rings. The van der Waals surface area contributed by atoms with Gasteiger partial charge in [-0.25, -0.2) is 4.39 Å². The smallest absolute Gasteiger partial charge is 0.251 e. The predicted octanol–water partition coefficient (Wildman–Crippen LogP) is 4.22. The Balaban J connectivity index is 1.72. The van der Waals surface area contributed by atoms with E-state index in [0.717, 1.165) is 4.80 Å². The molecular weight excluding hydrogens is 497 g/mol. The summed E-state index contributed by atoms with van der Waals surface area (Å²) in [6.45, 7) is 5.28. The van der Waals surface area contributed by atoms with E-state index in [2.05, 4.69) is 25.7 Å². The minimum Gasteiger partial charge on any atom is -0.349 e. The van der Waals surface area contributed by atoms with Crippen molar-refractivity contribution in [1.29, 1.82) is 0 Å². The van der Waals surface area contributed by atoms with Crippen molar-refractivity contribution < 1.29 is 14.0 Å². The summed E-state index contributed by atoms with van der Waals surface area (Å²) in [7, 11) is 0. The molecule has 0 aliphatic rings. The zero-order chi connectivity index (χ0) is 26.6. The highest BCUT2D eigenvalue weighted by molar-refractivity contribution is 6.30. The summed E-state index contributed by atoms with van der Waals surface area (Å²) >= 11 is 6.10. The minimum absolute atomic E-state index is 0.238. The fraction of sp³-hybridized carbons (Fsp3) is 0.231. The van der Waals surface area contributed by atoms with Crippen LogP contribution in [0.25, 0.3) is 11.4 Å². The number of tetrazole rings is 1. The summed E-state index contributed by atoms with van der Waals surface area (Å²) in [5.41, 5.74) is 1.03. The van der Waals surface area contributed by atoms with Gasteiger partial charge >= 0.3 is 0 Å². The summed E-state index contributed by atoms with van der Waals surface area (Å²) in [4.78, 5) is 33.9. The number of pyridine rings is 1. The number of amides is 2. The number of benzene rings is 2. The number of hydrogen-bond acceptors (Lipinski definition) is 6. The maximum Gasteiger partial charge on any atom is 0.251 e. The van der Waals surface area contributed by atoms with Crippen LogP contribution in [0.4, 0.5) is 10.1 Å². The van der Waals surface area contributed by atoms with Crippen molar-refractivity contribution in [2.45, 2.75) is 38.9 Å². The summed E-state index contributed by atoms with van der Waals surface area (Å²) in [6, 6.07) is 14.6. The number of nitrogens with zero attached hydrogens (tertiary/aromatic N) is 6. The van der Waals surface area contributed by atoms with E-state index in [4.69, 9.17) is 11.6 Å². The number of anilines is 1. The standard InChI is InChI=1S/C26H25ClFN7O2/c1-26(2,3)30-25(37)23(17-12-14-29-15-13-17)35(21-10-6-19(27)7-11-21)22(36)16-34-32-24(31-33-34)18-4-8-20(28)9-5-18/h4-15,23H,16H2,1-3H3,(H,30,37)/t23-/m0/s1. The molecule has 37 heavy (non-hydrogen) atoms. The second-order valence-electron chi connectivity index (χ2n) is 9.31. The lowest BCUT2D eigenvalue weighted by Gasteiger charge is -2.33. The van der Waals surface area contributed by atoms with Gasteiger partial charge in [-0.15, -0.1) is 10.2 Å². The number of rotatable bonds is 7. The predicted molar refractivity (Wildman–Crippen MR) is 137 cm³/mol. The maximum absolute atomic E-state index is 13.8. The van der Waals surface area contributed by atoms with Gasteiger partial charge in [0.25, 0.3) is 5.91 Å². The molecule has 4 rings (SSSR count). The number of halogens is 2. The molecule has 9 nitrogen and oxygen atoms in total.